The number of ketones is 1. The number of phenolic OH excluding ortho intramolecular Hbond substituents is 1. The molecule has 1 aromatic carbocycles. The van der Waals surface area contributed by atoms with E-state index in [-0.39, 0.29) is 36.3 Å². The first-order chi connectivity index (χ1) is 7.99. The van der Waals surface area contributed by atoms with Crippen LogP contribution in [0, 0.1) is 5.92 Å². The summed E-state index contributed by atoms with van der Waals surface area (Å²) in [6.07, 6.45) is 0.166. The molecular formula is C13H17NO3. The Morgan fingerprint density at radius 3 is 2.65 bits per heavy atom. The van der Waals surface area contributed by atoms with E-state index in [1.165, 1.54) is 6.07 Å². The molecule has 0 heterocycles. The SMILES string of the molecule is CC(C)C(=O)CNC(=O)Cc1cccc(O)c1. The molecule has 0 fully saturated rings. The lowest BCUT2D eigenvalue weighted by molar-refractivity contribution is -0.126. The molecule has 0 saturated heterocycles. The van der Waals surface area contributed by atoms with Crippen LogP contribution in [0.15, 0.2) is 24.3 Å². The molecule has 1 aromatic rings. The van der Waals surface area contributed by atoms with Gasteiger partial charge in [0.2, 0.25) is 5.91 Å². The Labute approximate surface area is 101 Å². The Hall–Kier alpha value is -1.84. The average Bonchev–Trinajstić information content (AvgIpc) is 2.25. The second kappa shape index (κ2) is 6.03. The molecule has 0 atom stereocenters. The van der Waals surface area contributed by atoms with Gasteiger partial charge >= 0.3 is 0 Å². The Bertz CT molecular complexity index is 413. The number of carbonyl (C=O) groups is 2. The number of aromatic hydroxyl groups is 1. The molecule has 17 heavy (non-hydrogen) atoms. The van der Waals surface area contributed by atoms with E-state index >= 15 is 0 Å². The standard InChI is InChI=1S/C13H17NO3/c1-9(2)12(16)8-14-13(17)7-10-4-3-5-11(15)6-10/h3-6,9,15H,7-8H2,1-2H3,(H,14,17). The molecule has 0 aromatic heterocycles. The minimum absolute atomic E-state index is 0.00857. The van der Waals surface area contributed by atoms with Crippen molar-refractivity contribution in [3.8, 4) is 5.75 Å². The molecule has 4 nitrogen and oxygen atoms in total. The number of benzene rings is 1. The Kier molecular flexibility index (Phi) is 4.69. The van der Waals surface area contributed by atoms with Gasteiger partial charge in [-0.2, -0.15) is 0 Å². The van der Waals surface area contributed by atoms with Crippen molar-refractivity contribution in [2.45, 2.75) is 20.3 Å². The van der Waals surface area contributed by atoms with Crippen LogP contribution in [0.3, 0.4) is 0 Å². The van der Waals surface area contributed by atoms with Crippen LogP contribution < -0.4 is 5.32 Å². The summed E-state index contributed by atoms with van der Waals surface area (Å²) < 4.78 is 0. The molecule has 0 aliphatic rings. The number of Topliss-reactive ketones (excluding diaryl/α,β-unsaturated/α-hetero) is 1. The lowest BCUT2D eigenvalue weighted by Gasteiger charge is -2.06. The molecule has 92 valence electrons. The lowest BCUT2D eigenvalue weighted by atomic mass is 10.1. The zero-order valence-electron chi connectivity index (χ0n) is 10.1. The number of phenols is 1. The van der Waals surface area contributed by atoms with Gasteiger partial charge in [-0.3, -0.25) is 9.59 Å². The molecule has 4 heteroatoms. The largest absolute Gasteiger partial charge is 0.508 e. The maximum Gasteiger partial charge on any atom is 0.224 e. The highest BCUT2D eigenvalue weighted by atomic mass is 16.3. The number of amides is 1. The van der Waals surface area contributed by atoms with Crippen LogP contribution >= 0.6 is 0 Å². The van der Waals surface area contributed by atoms with E-state index in [0.717, 1.165) is 5.56 Å². The summed E-state index contributed by atoms with van der Waals surface area (Å²) in [6.45, 7) is 3.66. The van der Waals surface area contributed by atoms with Crippen molar-refractivity contribution in [1.82, 2.24) is 5.32 Å². The van der Waals surface area contributed by atoms with Gasteiger partial charge in [0.25, 0.3) is 0 Å². The summed E-state index contributed by atoms with van der Waals surface area (Å²) in [5, 5.41) is 11.8. The maximum absolute atomic E-state index is 11.5. The van der Waals surface area contributed by atoms with Gasteiger partial charge in [-0.05, 0) is 17.7 Å². The number of rotatable bonds is 5. The van der Waals surface area contributed by atoms with Crippen molar-refractivity contribution < 1.29 is 14.7 Å². The van der Waals surface area contributed by atoms with E-state index in [1.54, 1.807) is 32.0 Å². The molecule has 0 bridgehead atoms. The quantitative estimate of drug-likeness (QED) is 0.807. The van der Waals surface area contributed by atoms with Crippen molar-refractivity contribution in [1.29, 1.82) is 0 Å². The smallest absolute Gasteiger partial charge is 0.224 e. The zero-order chi connectivity index (χ0) is 12.8. The Morgan fingerprint density at radius 2 is 2.06 bits per heavy atom. The molecule has 2 N–H and O–H groups in total. The lowest BCUT2D eigenvalue weighted by Crippen LogP contribution is -2.32. The summed E-state index contributed by atoms with van der Waals surface area (Å²) in [5.41, 5.74) is 0.722. The zero-order valence-corrected chi connectivity index (χ0v) is 10.1. The van der Waals surface area contributed by atoms with Gasteiger partial charge in [0.1, 0.15) is 5.75 Å². The summed E-state index contributed by atoms with van der Waals surface area (Å²) in [5.74, 6) is -0.150. The fourth-order valence-electron chi connectivity index (χ4n) is 1.30. The third-order valence-corrected chi connectivity index (χ3v) is 2.38. The van der Waals surface area contributed by atoms with Crippen LogP contribution in [0.25, 0.3) is 0 Å². The predicted octanol–water partition coefficient (Wildman–Crippen LogP) is 1.28. The van der Waals surface area contributed by atoms with Gasteiger partial charge in [0, 0.05) is 5.92 Å². The van der Waals surface area contributed by atoms with Crippen molar-refractivity contribution in [3.05, 3.63) is 29.8 Å². The number of carbonyl (C=O) groups excluding carboxylic acids is 2. The van der Waals surface area contributed by atoms with E-state index in [0.29, 0.717) is 0 Å². The molecule has 0 radical (unpaired) electrons. The van der Waals surface area contributed by atoms with Gasteiger partial charge in [-0.25, -0.2) is 0 Å². The topological polar surface area (TPSA) is 66.4 Å². The van der Waals surface area contributed by atoms with Gasteiger partial charge < -0.3 is 10.4 Å². The second-order valence-electron chi connectivity index (χ2n) is 4.24. The fraction of sp³-hybridized carbons (Fsp3) is 0.385. The van der Waals surface area contributed by atoms with E-state index in [1.807, 2.05) is 0 Å². The molecule has 0 spiro atoms. The molecule has 0 aliphatic heterocycles. The first-order valence-corrected chi connectivity index (χ1v) is 5.56. The molecular weight excluding hydrogens is 218 g/mol. The van der Waals surface area contributed by atoms with Crippen LogP contribution in [-0.2, 0) is 16.0 Å². The number of hydrogen-bond donors (Lipinski definition) is 2. The van der Waals surface area contributed by atoms with Gasteiger partial charge in [-0.1, -0.05) is 26.0 Å². The second-order valence-corrected chi connectivity index (χ2v) is 4.24. The monoisotopic (exact) mass is 235 g/mol. The van der Waals surface area contributed by atoms with Crippen molar-refractivity contribution in [2.24, 2.45) is 5.92 Å². The van der Waals surface area contributed by atoms with Crippen molar-refractivity contribution in [3.63, 3.8) is 0 Å². The first kappa shape index (κ1) is 13.2. The van der Waals surface area contributed by atoms with Gasteiger partial charge in [0.15, 0.2) is 5.78 Å². The summed E-state index contributed by atoms with van der Waals surface area (Å²) in [7, 11) is 0. The first-order valence-electron chi connectivity index (χ1n) is 5.56. The summed E-state index contributed by atoms with van der Waals surface area (Å²) in [4.78, 5) is 22.8. The molecule has 1 amide bonds. The van der Waals surface area contributed by atoms with E-state index < -0.39 is 0 Å². The van der Waals surface area contributed by atoms with E-state index in [2.05, 4.69) is 5.32 Å². The highest BCUT2D eigenvalue weighted by Gasteiger charge is 2.09. The van der Waals surface area contributed by atoms with E-state index in [9.17, 15) is 14.7 Å². The summed E-state index contributed by atoms with van der Waals surface area (Å²) in [6, 6.07) is 6.51. The van der Waals surface area contributed by atoms with Crippen LogP contribution in [0.5, 0.6) is 5.75 Å². The van der Waals surface area contributed by atoms with Crippen molar-refractivity contribution in [2.75, 3.05) is 6.54 Å². The Morgan fingerprint density at radius 1 is 1.35 bits per heavy atom. The van der Waals surface area contributed by atoms with E-state index in [4.69, 9.17) is 0 Å². The fourth-order valence-corrected chi connectivity index (χ4v) is 1.30. The summed E-state index contributed by atoms with van der Waals surface area (Å²) >= 11 is 0. The predicted molar refractivity (Wildman–Crippen MR) is 64.7 cm³/mol. The third-order valence-electron chi connectivity index (χ3n) is 2.38. The maximum atomic E-state index is 11.5. The normalized spacial score (nSPS) is 10.3. The average molecular weight is 235 g/mol. The molecule has 0 saturated carbocycles. The highest BCUT2D eigenvalue weighted by molar-refractivity contribution is 5.87. The van der Waals surface area contributed by atoms with Crippen LogP contribution in [0.4, 0.5) is 0 Å². The minimum atomic E-state index is -0.218. The van der Waals surface area contributed by atoms with Gasteiger partial charge in [-0.15, -0.1) is 0 Å². The molecule has 0 aliphatic carbocycles. The highest BCUT2D eigenvalue weighted by Crippen LogP contribution is 2.11. The number of nitrogens with one attached hydrogen (secondary N) is 1. The molecule has 1 rings (SSSR count). The van der Waals surface area contributed by atoms with Crippen LogP contribution in [0.1, 0.15) is 19.4 Å². The number of hydrogen-bond acceptors (Lipinski definition) is 3. The van der Waals surface area contributed by atoms with Crippen molar-refractivity contribution >= 4 is 11.7 Å². The Balaban J connectivity index is 2.43. The minimum Gasteiger partial charge on any atom is -0.508 e. The van der Waals surface area contributed by atoms with Crippen LogP contribution in [0.2, 0.25) is 0 Å². The van der Waals surface area contributed by atoms with Crippen LogP contribution in [-0.4, -0.2) is 23.3 Å². The third kappa shape index (κ3) is 4.68. The van der Waals surface area contributed by atoms with Gasteiger partial charge in [0.05, 0.1) is 13.0 Å². The molecule has 0 unspecified atom stereocenters.